The molecule has 2 aliphatic carbocycles. The number of rotatable bonds is 14. The van der Waals surface area contributed by atoms with Gasteiger partial charge in [0.15, 0.2) is 18.7 Å². The van der Waals surface area contributed by atoms with Crippen LogP contribution in [0, 0.1) is 15.5 Å². The summed E-state index contributed by atoms with van der Waals surface area (Å²) in [5.41, 5.74) is 6.39. The summed E-state index contributed by atoms with van der Waals surface area (Å²) in [6, 6.07) is 18.4. The summed E-state index contributed by atoms with van der Waals surface area (Å²) in [5, 5.41) is 16.6. The smallest absolute Gasteiger partial charge is 0.293 e. The minimum Gasteiger partial charge on any atom is -0.461 e. The quantitative estimate of drug-likeness (QED) is 0.0567. The van der Waals surface area contributed by atoms with Gasteiger partial charge in [0.25, 0.3) is 5.69 Å². The van der Waals surface area contributed by atoms with E-state index in [0.717, 1.165) is 67.3 Å². The largest absolute Gasteiger partial charge is 0.461 e. The molecule has 4 aliphatic rings. The predicted molar refractivity (Wildman–Crippen MR) is 230 cm³/mol. The number of anilines is 2. The third-order valence-electron chi connectivity index (χ3n) is 12.0. The molecular formula is C43H47ClN8O7S. The van der Waals surface area contributed by atoms with Crippen LogP contribution in [0.4, 0.5) is 17.1 Å². The average molecular weight is 855 g/mol. The van der Waals surface area contributed by atoms with E-state index in [2.05, 4.69) is 46.9 Å². The second-order valence-corrected chi connectivity index (χ2v) is 17.5. The van der Waals surface area contributed by atoms with Crippen LogP contribution in [0.15, 0.2) is 89.7 Å². The molecule has 2 aromatic carbocycles. The lowest BCUT2D eigenvalue weighted by atomic mass is 9.59. The van der Waals surface area contributed by atoms with E-state index in [-0.39, 0.29) is 29.6 Å². The molecule has 1 spiro atoms. The fraction of sp³-hybridized carbons (Fsp3) is 0.395. The van der Waals surface area contributed by atoms with Crippen LogP contribution in [0.25, 0.3) is 16.6 Å². The van der Waals surface area contributed by atoms with E-state index in [1.807, 2.05) is 36.5 Å². The molecule has 3 N–H and O–H groups in total. The van der Waals surface area contributed by atoms with Crippen LogP contribution in [0.5, 0.6) is 17.4 Å². The van der Waals surface area contributed by atoms with Gasteiger partial charge in [0.2, 0.25) is 5.88 Å². The number of nitrogens with zero attached hydrogens (tertiary/aromatic N) is 5. The Labute approximate surface area is 355 Å². The molecule has 5 aromatic rings. The van der Waals surface area contributed by atoms with Crippen molar-refractivity contribution in [2.45, 2.75) is 49.6 Å². The number of nitro benzene ring substituents is 1. The first-order chi connectivity index (χ1) is 29.3. The van der Waals surface area contributed by atoms with Crippen molar-refractivity contribution in [3.63, 3.8) is 0 Å². The van der Waals surface area contributed by atoms with Gasteiger partial charge in [0.1, 0.15) is 28.1 Å². The number of allylic oxidation sites excluding steroid dienone is 1. The lowest BCUT2D eigenvalue weighted by Gasteiger charge is -2.47. The van der Waals surface area contributed by atoms with Crippen molar-refractivity contribution >= 4 is 56.3 Å². The zero-order chi connectivity index (χ0) is 41.1. The van der Waals surface area contributed by atoms with E-state index in [0.29, 0.717) is 36.0 Å². The Morgan fingerprint density at radius 1 is 1.02 bits per heavy atom. The molecule has 2 aliphatic heterocycles. The Bertz CT molecular complexity index is 2390. The lowest BCUT2D eigenvalue weighted by molar-refractivity contribution is -0.384. The van der Waals surface area contributed by atoms with Gasteiger partial charge in [-0.25, -0.2) is 14.2 Å². The molecule has 1 unspecified atom stereocenters. The maximum absolute atomic E-state index is 13.3. The Morgan fingerprint density at radius 3 is 2.63 bits per heavy atom. The van der Waals surface area contributed by atoms with E-state index in [1.165, 1.54) is 54.5 Å². The number of halogens is 1. The van der Waals surface area contributed by atoms with Crippen molar-refractivity contribution in [1.29, 1.82) is 0 Å². The van der Waals surface area contributed by atoms with Crippen molar-refractivity contribution in [2.75, 3.05) is 69.5 Å². The van der Waals surface area contributed by atoms with Crippen LogP contribution in [0.3, 0.4) is 0 Å². The van der Waals surface area contributed by atoms with Crippen LogP contribution >= 0.6 is 11.6 Å². The molecule has 60 heavy (non-hydrogen) atoms. The van der Waals surface area contributed by atoms with Gasteiger partial charge < -0.3 is 34.1 Å². The molecule has 314 valence electrons. The summed E-state index contributed by atoms with van der Waals surface area (Å²) in [6.07, 6.45) is 12.1. The van der Waals surface area contributed by atoms with E-state index in [1.54, 1.807) is 18.5 Å². The zero-order valence-corrected chi connectivity index (χ0v) is 34.6. The molecule has 0 radical (unpaired) electrons. The van der Waals surface area contributed by atoms with Crippen molar-refractivity contribution in [2.24, 2.45) is 5.41 Å². The van der Waals surface area contributed by atoms with E-state index in [9.17, 15) is 14.3 Å². The number of aromatic amines is 1. The number of piperazine rings is 1. The summed E-state index contributed by atoms with van der Waals surface area (Å²) in [6.45, 7) is 5.11. The van der Waals surface area contributed by atoms with Crippen molar-refractivity contribution in [3.8, 4) is 17.4 Å². The SMILES string of the molecule is O=[N+]([O-])c1cc(S(=O)NCOc2cc(N3CCN(CC4=C(c5ccc(Cl)cc5)CC5(CCC5)CC4)CC3)c(Oc3cnc4[nH]ccc4c3)cn2)ccc1N[C@H]1COCCO1. The van der Waals surface area contributed by atoms with Gasteiger partial charge in [-0.1, -0.05) is 35.7 Å². The van der Waals surface area contributed by atoms with Crippen LogP contribution in [0.1, 0.15) is 44.1 Å². The zero-order valence-electron chi connectivity index (χ0n) is 33.1. The molecule has 9 rings (SSSR count). The fourth-order valence-corrected chi connectivity index (χ4v) is 9.48. The van der Waals surface area contributed by atoms with Gasteiger partial charge in [-0.15, -0.1) is 0 Å². The lowest BCUT2D eigenvalue weighted by Crippen LogP contribution is -2.47. The maximum atomic E-state index is 13.3. The summed E-state index contributed by atoms with van der Waals surface area (Å²) >= 11 is 6.29. The second-order valence-electron chi connectivity index (χ2n) is 15.8. The first-order valence-corrected chi connectivity index (χ1v) is 21.9. The van der Waals surface area contributed by atoms with Gasteiger partial charge in [0.05, 0.1) is 47.7 Å². The van der Waals surface area contributed by atoms with Crippen molar-refractivity contribution < 1.29 is 28.1 Å². The molecule has 5 heterocycles. The normalized spacial score (nSPS) is 19.9. The molecule has 3 aromatic heterocycles. The molecule has 15 nitrogen and oxygen atoms in total. The van der Waals surface area contributed by atoms with Crippen molar-refractivity contribution in [1.82, 2.24) is 24.6 Å². The summed E-state index contributed by atoms with van der Waals surface area (Å²) < 4.78 is 39.4. The Balaban J connectivity index is 0.886. The molecular weight excluding hydrogens is 808 g/mol. The maximum Gasteiger partial charge on any atom is 0.293 e. The number of nitro groups is 1. The summed E-state index contributed by atoms with van der Waals surface area (Å²) in [4.78, 5) is 28.6. The molecule has 2 atom stereocenters. The molecule has 2 saturated heterocycles. The topological polar surface area (TPSA) is 169 Å². The third-order valence-corrected chi connectivity index (χ3v) is 13.3. The number of nitrogens with one attached hydrogen (secondary N) is 3. The minimum atomic E-state index is -1.82. The van der Waals surface area contributed by atoms with Crippen molar-refractivity contribution in [3.05, 3.63) is 106 Å². The highest BCUT2D eigenvalue weighted by atomic mass is 35.5. The number of H-pyrrole nitrogens is 1. The van der Waals surface area contributed by atoms with Crippen LogP contribution in [-0.2, 0) is 20.5 Å². The number of pyridine rings is 2. The van der Waals surface area contributed by atoms with Gasteiger partial charge in [0, 0.05) is 61.5 Å². The highest BCUT2D eigenvalue weighted by molar-refractivity contribution is 7.83. The van der Waals surface area contributed by atoms with E-state index in [4.69, 9.17) is 30.5 Å². The molecule has 0 amide bonds. The summed E-state index contributed by atoms with van der Waals surface area (Å²) in [5.74, 6) is 1.43. The molecule has 17 heteroatoms. The molecule has 3 fully saturated rings. The number of benzene rings is 2. The fourth-order valence-electron chi connectivity index (χ4n) is 8.61. The second kappa shape index (κ2) is 17.9. The number of hydrogen-bond acceptors (Lipinski definition) is 12. The van der Waals surface area contributed by atoms with Gasteiger partial charge in [-0.3, -0.25) is 15.0 Å². The van der Waals surface area contributed by atoms with Crippen LogP contribution in [-0.4, -0.2) is 94.5 Å². The predicted octanol–water partition coefficient (Wildman–Crippen LogP) is 7.68. The Morgan fingerprint density at radius 2 is 1.87 bits per heavy atom. The monoisotopic (exact) mass is 854 g/mol. The first-order valence-electron chi connectivity index (χ1n) is 20.4. The minimum absolute atomic E-state index is 0.172. The van der Waals surface area contributed by atoms with Crippen LogP contribution < -0.4 is 24.4 Å². The molecule has 0 bridgehead atoms. The third kappa shape index (κ3) is 9.13. The number of fused-ring (bicyclic) bond motifs is 1. The standard InChI is InChI=1S/C43H47ClN8O7S/c44-32-4-2-29(3-5-32)35-23-43(10-1-11-43)12-8-31(35)26-50-14-16-51(17-15-50)38-22-40(46-25-39(38)59-33-20-30-9-13-45-42(30)47-24-33)58-28-48-60(55)34-6-7-36(37(21-34)52(53)54)49-41-27-56-18-19-57-41/h2-7,9,13,20-22,24-25,41,48-49H,1,8,10-12,14-19,23,26-28H2,(H,45,47)/t41-,60?/m1/s1. The van der Waals surface area contributed by atoms with Gasteiger partial charge in [-0.05, 0) is 85.1 Å². The van der Waals surface area contributed by atoms with E-state index >= 15 is 0 Å². The highest BCUT2D eigenvalue weighted by Crippen LogP contribution is 2.55. The first kappa shape index (κ1) is 40.3. The van der Waals surface area contributed by atoms with Gasteiger partial charge >= 0.3 is 0 Å². The van der Waals surface area contributed by atoms with E-state index < -0.39 is 22.1 Å². The average Bonchev–Trinajstić information content (AvgIpc) is 3.73. The molecule has 1 saturated carbocycles. The van der Waals surface area contributed by atoms with Gasteiger partial charge in [-0.2, -0.15) is 4.72 Å². The number of hydrogen-bond donors (Lipinski definition) is 3. The summed E-state index contributed by atoms with van der Waals surface area (Å²) in [7, 11) is -1.82. The number of ether oxygens (including phenoxy) is 4. The Hall–Kier alpha value is -5.10. The van der Waals surface area contributed by atoms with Crippen LogP contribution in [0.2, 0.25) is 5.02 Å². The number of aromatic nitrogens is 3. The Kier molecular flexibility index (Phi) is 12.0. The highest BCUT2D eigenvalue weighted by Gasteiger charge is 2.41.